The molecule has 0 radical (unpaired) electrons. The number of thiophene rings is 1. The predicted octanol–water partition coefficient (Wildman–Crippen LogP) is 3.10. The Morgan fingerprint density at radius 1 is 1.39 bits per heavy atom. The number of aromatic nitrogens is 2. The van der Waals surface area contributed by atoms with Crippen molar-refractivity contribution in [2.75, 3.05) is 6.54 Å². The fraction of sp³-hybridized carbons (Fsp3) is 0.562. The molecule has 0 saturated heterocycles. The molecule has 23 heavy (non-hydrogen) atoms. The van der Waals surface area contributed by atoms with Gasteiger partial charge in [-0.1, -0.05) is 18.7 Å². The summed E-state index contributed by atoms with van der Waals surface area (Å²) < 4.78 is 1.66. The number of amides is 1. The van der Waals surface area contributed by atoms with Crippen molar-refractivity contribution in [1.29, 1.82) is 0 Å². The Hall–Kier alpha value is -1.34. The van der Waals surface area contributed by atoms with E-state index in [9.17, 15) is 9.59 Å². The van der Waals surface area contributed by atoms with Crippen LogP contribution in [0.5, 0.6) is 0 Å². The molecule has 1 N–H and O–H groups in total. The zero-order valence-electron chi connectivity index (χ0n) is 14.2. The SMILES string of the molecule is CCCNC(=O)[C@H](C)Sc1nc2sc(C)c(C)c2c(=O)n1CC. The Morgan fingerprint density at radius 3 is 2.70 bits per heavy atom. The molecule has 1 amide bonds. The fourth-order valence-corrected chi connectivity index (χ4v) is 4.35. The van der Waals surface area contributed by atoms with Gasteiger partial charge in [-0.15, -0.1) is 11.3 Å². The molecule has 2 rings (SSSR count). The number of hydrogen-bond acceptors (Lipinski definition) is 5. The van der Waals surface area contributed by atoms with Gasteiger partial charge in [-0.3, -0.25) is 14.2 Å². The molecule has 0 saturated carbocycles. The number of carbonyl (C=O) groups excluding carboxylic acids is 1. The molecule has 0 fully saturated rings. The zero-order valence-corrected chi connectivity index (χ0v) is 15.9. The van der Waals surface area contributed by atoms with E-state index in [2.05, 4.69) is 10.3 Å². The van der Waals surface area contributed by atoms with Crippen molar-refractivity contribution < 1.29 is 4.79 Å². The van der Waals surface area contributed by atoms with Gasteiger partial charge in [-0.25, -0.2) is 4.98 Å². The van der Waals surface area contributed by atoms with Crippen LogP contribution in [0.4, 0.5) is 0 Å². The molecule has 0 aliphatic rings. The second-order valence-electron chi connectivity index (χ2n) is 5.46. The van der Waals surface area contributed by atoms with Gasteiger partial charge in [0.2, 0.25) is 5.91 Å². The molecule has 1 atom stereocenters. The van der Waals surface area contributed by atoms with E-state index in [0.29, 0.717) is 23.6 Å². The summed E-state index contributed by atoms with van der Waals surface area (Å²) in [5, 5.41) is 3.92. The molecule has 2 heterocycles. The third-order valence-electron chi connectivity index (χ3n) is 3.77. The monoisotopic (exact) mass is 353 g/mol. The number of hydrogen-bond donors (Lipinski definition) is 1. The number of thioether (sulfide) groups is 1. The zero-order chi connectivity index (χ0) is 17.1. The molecule has 126 valence electrons. The van der Waals surface area contributed by atoms with Gasteiger partial charge in [0.1, 0.15) is 4.83 Å². The van der Waals surface area contributed by atoms with Crippen LogP contribution < -0.4 is 10.9 Å². The largest absolute Gasteiger partial charge is 0.355 e. The van der Waals surface area contributed by atoms with Gasteiger partial charge >= 0.3 is 0 Å². The lowest BCUT2D eigenvalue weighted by Crippen LogP contribution is -2.32. The molecule has 7 heteroatoms. The van der Waals surface area contributed by atoms with E-state index in [-0.39, 0.29) is 16.7 Å². The van der Waals surface area contributed by atoms with E-state index >= 15 is 0 Å². The molecule has 2 aromatic heterocycles. The van der Waals surface area contributed by atoms with Crippen molar-refractivity contribution in [3.05, 3.63) is 20.8 Å². The lowest BCUT2D eigenvalue weighted by molar-refractivity contribution is -0.120. The Bertz CT molecular complexity index is 780. The van der Waals surface area contributed by atoms with Gasteiger partial charge in [0, 0.05) is 18.0 Å². The predicted molar refractivity (Wildman–Crippen MR) is 97.6 cm³/mol. The Labute approximate surface area is 144 Å². The van der Waals surface area contributed by atoms with E-state index in [1.807, 2.05) is 34.6 Å². The lowest BCUT2D eigenvalue weighted by Gasteiger charge is -2.14. The number of fused-ring (bicyclic) bond motifs is 1. The number of nitrogens with zero attached hydrogens (tertiary/aromatic N) is 2. The van der Waals surface area contributed by atoms with Crippen molar-refractivity contribution >= 4 is 39.2 Å². The van der Waals surface area contributed by atoms with Crippen molar-refractivity contribution in [3.8, 4) is 0 Å². The van der Waals surface area contributed by atoms with Crippen LogP contribution >= 0.6 is 23.1 Å². The summed E-state index contributed by atoms with van der Waals surface area (Å²) in [4.78, 5) is 31.4. The molecule has 0 aromatic carbocycles. The summed E-state index contributed by atoms with van der Waals surface area (Å²) in [6.07, 6.45) is 0.904. The van der Waals surface area contributed by atoms with E-state index in [1.54, 1.807) is 4.57 Å². The van der Waals surface area contributed by atoms with Crippen LogP contribution in [0.15, 0.2) is 9.95 Å². The maximum atomic E-state index is 12.8. The molecule has 0 aliphatic heterocycles. The normalized spacial score (nSPS) is 12.6. The first kappa shape index (κ1) is 18.0. The van der Waals surface area contributed by atoms with Gasteiger partial charge in [0.25, 0.3) is 5.56 Å². The van der Waals surface area contributed by atoms with Crippen LogP contribution in [0, 0.1) is 13.8 Å². The van der Waals surface area contributed by atoms with E-state index in [0.717, 1.165) is 21.7 Å². The maximum absolute atomic E-state index is 12.8. The highest BCUT2D eigenvalue weighted by Crippen LogP contribution is 2.29. The first-order valence-electron chi connectivity index (χ1n) is 7.85. The summed E-state index contributed by atoms with van der Waals surface area (Å²) in [5.74, 6) is -0.0209. The number of rotatable bonds is 6. The smallest absolute Gasteiger partial charge is 0.263 e. The number of carbonyl (C=O) groups is 1. The number of aryl methyl sites for hydroxylation is 2. The minimum absolute atomic E-state index is 0.0111. The van der Waals surface area contributed by atoms with Gasteiger partial charge < -0.3 is 5.32 Å². The molecule has 2 aromatic rings. The van der Waals surface area contributed by atoms with Crippen molar-refractivity contribution in [2.45, 2.75) is 58.0 Å². The molecule has 0 spiro atoms. The molecular formula is C16H23N3O2S2. The standard InChI is InChI=1S/C16H23N3O2S2/c1-6-8-17-13(20)11(5)23-16-18-14-12(9(3)10(4)22-14)15(21)19(16)7-2/h11H,6-8H2,1-5H3,(H,17,20)/t11-/m0/s1. The van der Waals surface area contributed by atoms with Crippen LogP contribution in [-0.4, -0.2) is 27.3 Å². The second-order valence-corrected chi connectivity index (χ2v) is 7.97. The van der Waals surface area contributed by atoms with Gasteiger partial charge in [-0.2, -0.15) is 0 Å². The van der Waals surface area contributed by atoms with Crippen LogP contribution in [0.3, 0.4) is 0 Å². The molecule has 0 unspecified atom stereocenters. The van der Waals surface area contributed by atoms with Gasteiger partial charge in [0.05, 0.1) is 10.6 Å². The van der Waals surface area contributed by atoms with Crippen LogP contribution in [0.25, 0.3) is 10.2 Å². The molecular weight excluding hydrogens is 330 g/mol. The summed E-state index contributed by atoms with van der Waals surface area (Å²) >= 11 is 2.88. The van der Waals surface area contributed by atoms with Crippen LogP contribution in [0.2, 0.25) is 0 Å². The number of nitrogens with one attached hydrogen (secondary N) is 1. The molecule has 0 aliphatic carbocycles. The Kier molecular flexibility index (Phi) is 5.86. The minimum atomic E-state index is -0.286. The van der Waals surface area contributed by atoms with Crippen molar-refractivity contribution in [1.82, 2.24) is 14.9 Å². The van der Waals surface area contributed by atoms with Gasteiger partial charge in [0.15, 0.2) is 5.16 Å². The van der Waals surface area contributed by atoms with Crippen LogP contribution in [0.1, 0.15) is 37.6 Å². The summed E-state index contributed by atoms with van der Waals surface area (Å²) in [6, 6.07) is 0. The van der Waals surface area contributed by atoms with E-state index < -0.39 is 0 Å². The third kappa shape index (κ3) is 3.61. The summed E-state index contributed by atoms with van der Waals surface area (Å²) in [6.45, 7) is 11.0. The maximum Gasteiger partial charge on any atom is 0.263 e. The average Bonchev–Trinajstić information content (AvgIpc) is 2.79. The van der Waals surface area contributed by atoms with E-state index in [1.165, 1.54) is 23.1 Å². The lowest BCUT2D eigenvalue weighted by atomic mass is 10.2. The first-order chi connectivity index (χ1) is 10.9. The van der Waals surface area contributed by atoms with E-state index in [4.69, 9.17) is 0 Å². The Morgan fingerprint density at radius 2 is 2.09 bits per heavy atom. The van der Waals surface area contributed by atoms with Crippen molar-refractivity contribution in [3.63, 3.8) is 0 Å². The average molecular weight is 354 g/mol. The van der Waals surface area contributed by atoms with Gasteiger partial charge in [-0.05, 0) is 39.7 Å². The first-order valence-corrected chi connectivity index (χ1v) is 9.55. The highest BCUT2D eigenvalue weighted by atomic mass is 32.2. The van der Waals surface area contributed by atoms with Crippen molar-refractivity contribution in [2.24, 2.45) is 0 Å². The molecule has 0 bridgehead atoms. The highest BCUT2D eigenvalue weighted by Gasteiger charge is 2.20. The Balaban J connectivity index is 2.41. The molecule has 5 nitrogen and oxygen atoms in total. The fourth-order valence-electron chi connectivity index (χ4n) is 2.28. The summed E-state index contributed by atoms with van der Waals surface area (Å²) in [7, 11) is 0. The third-order valence-corrected chi connectivity index (χ3v) is 5.96. The van der Waals surface area contributed by atoms with Crippen LogP contribution in [-0.2, 0) is 11.3 Å². The quantitative estimate of drug-likeness (QED) is 0.640. The summed E-state index contributed by atoms with van der Waals surface area (Å²) in [5.41, 5.74) is 0.998. The highest BCUT2D eigenvalue weighted by molar-refractivity contribution is 8.00. The minimum Gasteiger partial charge on any atom is -0.355 e. The second kappa shape index (κ2) is 7.49. The topological polar surface area (TPSA) is 64.0 Å².